The molecule has 0 atom stereocenters. The van der Waals surface area contributed by atoms with Gasteiger partial charge in [0.15, 0.2) is 0 Å². The Balaban J connectivity index is 3.27. The van der Waals surface area contributed by atoms with Gasteiger partial charge in [-0.2, -0.15) is 0 Å². The molecule has 158 valence electrons. The molecule has 0 rings (SSSR count). The van der Waals surface area contributed by atoms with Gasteiger partial charge >= 0.3 is 5.97 Å². The van der Waals surface area contributed by atoms with Crippen molar-refractivity contribution in [3.8, 4) is 0 Å². The summed E-state index contributed by atoms with van der Waals surface area (Å²) >= 11 is 0. The van der Waals surface area contributed by atoms with Gasteiger partial charge in [-0.1, -0.05) is 64.7 Å². The van der Waals surface area contributed by atoms with Gasteiger partial charge in [-0.05, 0) is 19.3 Å². The molecule has 0 aliphatic heterocycles. The molecule has 0 radical (unpaired) electrons. The molecule has 0 heterocycles. The Morgan fingerprint density at radius 1 is 0.593 bits per heavy atom. The predicted octanol–water partition coefficient (Wildman–Crippen LogP) is 4.17. The Bertz CT molecular complexity index is 400. The molecule has 0 fully saturated rings. The van der Waals surface area contributed by atoms with Crippen molar-refractivity contribution in [3.05, 3.63) is 0 Å². The highest BCUT2D eigenvalue weighted by molar-refractivity contribution is 5.76. The van der Waals surface area contributed by atoms with Crippen LogP contribution in [0.15, 0.2) is 0 Å². The first kappa shape index (κ1) is 25.4. The van der Waals surface area contributed by atoms with E-state index in [1.807, 2.05) is 0 Å². The van der Waals surface area contributed by atoms with Crippen LogP contribution in [-0.2, 0) is 14.4 Å². The molecule has 0 aromatic carbocycles. The van der Waals surface area contributed by atoms with Crippen LogP contribution in [-0.4, -0.2) is 36.0 Å². The number of amides is 2. The zero-order valence-corrected chi connectivity index (χ0v) is 17.2. The third-order valence-electron chi connectivity index (χ3n) is 4.57. The predicted molar refractivity (Wildman–Crippen MR) is 109 cm³/mol. The first-order valence-corrected chi connectivity index (χ1v) is 10.8. The molecule has 0 spiro atoms. The third kappa shape index (κ3) is 20.6. The van der Waals surface area contributed by atoms with Crippen molar-refractivity contribution in [1.82, 2.24) is 10.6 Å². The summed E-state index contributed by atoms with van der Waals surface area (Å²) in [6.07, 6.45) is 14.4. The maximum absolute atomic E-state index is 11.7. The number of hydrogen-bond donors (Lipinski definition) is 3. The highest BCUT2D eigenvalue weighted by atomic mass is 16.4. The zero-order chi connectivity index (χ0) is 20.2. The second-order valence-corrected chi connectivity index (χ2v) is 7.23. The van der Waals surface area contributed by atoms with Gasteiger partial charge in [-0.25, -0.2) is 0 Å². The number of carbonyl (C=O) groups is 3. The Kier molecular flexibility index (Phi) is 18.0. The molecule has 27 heavy (non-hydrogen) atoms. The van der Waals surface area contributed by atoms with Gasteiger partial charge in [0.25, 0.3) is 0 Å². The van der Waals surface area contributed by atoms with Crippen LogP contribution in [0.2, 0.25) is 0 Å². The summed E-state index contributed by atoms with van der Waals surface area (Å²) in [5.41, 5.74) is 0. The van der Waals surface area contributed by atoms with Crippen LogP contribution in [0.5, 0.6) is 0 Å². The van der Waals surface area contributed by atoms with Crippen molar-refractivity contribution in [2.45, 2.75) is 103 Å². The van der Waals surface area contributed by atoms with Crippen LogP contribution in [0, 0.1) is 0 Å². The van der Waals surface area contributed by atoms with E-state index < -0.39 is 5.97 Å². The molecule has 0 unspecified atom stereocenters. The molecule has 3 N–H and O–H groups in total. The second-order valence-electron chi connectivity index (χ2n) is 7.23. The lowest BCUT2D eigenvalue weighted by Crippen LogP contribution is -2.25. The molecule has 0 aromatic heterocycles. The van der Waals surface area contributed by atoms with Gasteiger partial charge in [0.2, 0.25) is 11.8 Å². The number of aliphatic carboxylic acids is 1. The first-order chi connectivity index (χ1) is 13.1. The van der Waals surface area contributed by atoms with Gasteiger partial charge in [0, 0.05) is 25.9 Å². The van der Waals surface area contributed by atoms with Crippen molar-refractivity contribution in [2.24, 2.45) is 0 Å². The smallest absolute Gasteiger partial charge is 0.305 e. The lowest BCUT2D eigenvalue weighted by atomic mass is 10.1. The van der Waals surface area contributed by atoms with E-state index in [1.165, 1.54) is 25.7 Å². The molecular weight excluding hydrogens is 344 g/mol. The summed E-state index contributed by atoms with van der Waals surface area (Å²) < 4.78 is 0. The molecule has 6 heteroatoms. The van der Waals surface area contributed by atoms with Gasteiger partial charge in [0.05, 0.1) is 6.42 Å². The van der Waals surface area contributed by atoms with Gasteiger partial charge in [-0.15, -0.1) is 0 Å². The zero-order valence-electron chi connectivity index (χ0n) is 17.2. The molecule has 0 saturated heterocycles. The van der Waals surface area contributed by atoms with Crippen LogP contribution in [0.1, 0.15) is 103 Å². The molecular formula is C21H40N2O4. The van der Waals surface area contributed by atoms with E-state index in [1.54, 1.807) is 0 Å². The van der Waals surface area contributed by atoms with Crippen LogP contribution in [0.3, 0.4) is 0 Å². The maximum atomic E-state index is 11.7. The van der Waals surface area contributed by atoms with Gasteiger partial charge in [0.1, 0.15) is 0 Å². The molecule has 0 bridgehead atoms. The minimum absolute atomic E-state index is 0.0251. The molecule has 0 aromatic rings. The number of carboxylic acids is 1. The van der Waals surface area contributed by atoms with E-state index in [0.29, 0.717) is 12.8 Å². The number of carbonyl (C=O) groups excluding carboxylic acids is 2. The number of nitrogens with one attached hydrogen (secondary N) is 2. The Morgan fingerprint density at radius 3 is 1.56 bits per heavy atom. The summed E-state index contributed by atoms with van der Waals surface area (Å²) in [6.45, 7) is 3.22. The third-order valence-corrected chi connectivity index (χ3v) is 4.57. The number of unbranched alkanes of at least 4 members (excludes halogenated alkanes) is 10. The summed E-state index contributed by atoms with van der Waals surface area (Å²) in [4.78, 5) is 33.5. The molecule has 6 nitrogen and oxygen atoms in total. The van der Waals surface area contributed by atoms with Crippen molar-refractivity contribution in [1.29, 1.82) is 0 Å². The lowest BCUT2D eigenvalue weighted by Gasteiger charge is -2.06. The second kappa shape index (κ2) is 19.2. The van der Waals surface area contributed by atoms with Gasteiger partial charge < -0.3 is 15.7 Å². The van der Waals surface area contributed by atoms with E-state index in [9.17, 15) is 14.4 Å². The van der Waals surface area contributed by atoms with Crippen LogP contribution < -0.4 is 10.6 Å². The van der Waals surface area contributed by atoms with Crippen LogP contribution in [0.4, 0.5) is 0 Å². The minimum atomic E-state index is -0.893. The fraction of sp³-hybridized carbons (Fsp3) is 0.857. The molecule has 0 saturated carbocycles. The van der Waals surface area contributed by atoms with E-state index >= 15 is 0 Å². The SMILES string of the molecule is CCCCCCCNC(=O)CCCCCCCCCC(=O)NCCC(=O)O. The Labute approximate surface area is 164 Å². The highest BCUT2D eigenvalue weighted by Crippen LogP contribution is 2.10. The highest BCUT2D eigenvalue weighted by Gasteiger charge is 2.03. The molecule has 0 aliphatic rings. The number of carboxylic acid groups (broad SMARTS) is 1. The summed E-state index contributed by atoms with van der Waals surface area (Å²) in [5.74, 6) is -0.776. The average Bonchev–Trinajstić information content (AvgIpc) is 2.62. The summed E-state index contributed by atoms with van der Waals surface area (Å²) in [5, 5.41) is 14.1. The summed E-state index contributed by atoms with van der Waals surface area (Å²) in [7, 11) is 0. The van der Waals surface area contributed by atoms with Crippen LogP contribution in [0.25, 0.3) is 0 Å². The van der Waals surface area contributed by atoms with Crippen molar-refractivity contribution in [3.63, 3.8) is 0 Å². The Morgan fingerprint density at radius 2 is 1.04 bits per heavy atom. The standard InChI is InChI=1S/C21H40N2O4/c1-2-3-4-10-13-17-22-19(24)14-11-8-6-5-7-9-12-15-20(25)23-18-16-21(26)27/h2-18H2,1H3,(H,22,24)(H,23,25)(H,26,27). The Hall–Kier alpha value is -1.59. The van der Waals surface area contributed by atoms with E-state index in [4.69, 9.17) is 5.11 Å². The minimum Gasteiger partial charge on any atom is -0.481 e. The van der Waals surface area contributed by atoms with E-state index in [2.05, 4.69) is 17.6 Å². The maximum Gasteiger partial charge on any atom is 0.305 e. The first-order valence-electron chi connectivity index (χ1n) is 10.8. The normalized spacial score (nSPS) is 10.6. The molecule has 2 amide bonds. The van der Waals surface area contributed by atoms with Gasteiger partial charge in [-0.3, -0.25) is 14.4 Å². The molecule has 0 aliphatic carbocycles. The quantitative estimate of drug-likeness (QED) is 0.291. The van der Waals surface area contributed by atoms with Crippen molar-refractivity contribution < 1.29 is 19.5 Å². The largest absolute Gasteiger partial charge is 0.481 e. The van der Waals surface area contributed by atoms with E-state index in [0.717, 1.165) is 57.9 Å². The fourth-order valence-corrected chi connectivity index (χ4v) is 2.90. The lowest BCUT2D eigenvalue weighted by molar-refractivity contribution is -0.137. The van der Waals surface area contributed by atoms with Crippen molar-refractivity contribution in [2.75, 3.05) is 13.1 Å². The topological polar surface area (TPSA) is 95.5 Å². The van der Waals surface area contributed by atoms with Crippen molar-refractivity contribution >= 4 is 17.8 Å². The number of rotatable bonds is 19. The average molecular weight is 385 g/mol. The fourth-order valence-electron chi connectivity index (χ4n) is 2.90. The van der Waals surface area contributed by atoms with E-state index in [-0.39, 0.29) is 24.8 Å². The van der Waals surface area contributed by atoms with Crippen LogP contribution >= 0.6 is 0 Å². The number of hydrogen-bond acceptors (Lipinski definition) is 3. The monoisotopic (exact) mass is 384 g/mol. The summed E-state index contributed by atoms with van der Waals surface area (Å²) in [6, 6.07) is 0.